The normalized spacial score (nSPS) is 12.7. The van der Waals surface area contributed by atoms with Gasteiger partial charge >= 0.3 is 13.1 Å². The zero-order valence-corrected chi connectivity index (χ0v) is 15.1. The van der Waals surface area contributed by atoms with Crippen LogP contribution in [0.2, 0.25) is 5.02 Å². The Morgan fingerprint density at radius 2 is 1.78 bits per heavy atom. The van der Waals surface area contributed by atoms with E-state index in [0.717, 1.165) is 22.3 Å². The third kappa shape index (κ3) is 3.76. The van der Waals surface area contributed by atoms with Crippen molar-refractivity contribution in [3.05, 3.63) is 88.4 Å². The molecule has 3 aromatic carbocycles. The zero-order chi connectivity index (χ0) is 18.8. The maximum Gasteiger partial charge on any atom is 0.491 e. The van der Waals surface area contributed by atoms with Gasteiger partial charge in [-0.1, -0.05) is 66.2 Å². The van der Waals surface area contributed by atoms with Crippen LogP contribution in [0.4, 0.5) is 0 Å². The van der Waals surface area contributed by atoms with Gasteiger partial charge in [-0.3, -0.25) is 0 Å². The summed E-state index contributed by atoms with van der Waals surface area (Å²) in [4.78, 5) is 12.4. The van der Waals surface area contributed by atoms with Crippen molar-refractivity contribution in [1.29, 1.82) is 0 Å². The van der Waals surface area contributed by atoms with Crippen LogP contribution in [0, 0.1) is 0 Å². The van der Waals surface area contributed by atoms with Crippen molar-refractivity contribution in [2.24, 2.45) is 0 Å². The summed E-state index contributed by atoms with van der Waals surface area (Å²) in [7, 11) is -1.03. The van der Waals surface area contributed by atoms with E-state index in [1.54, 1.807) is 6.07 Å². The summed E-state index contributed by atoms with van der Waals surface area (Å²) in [5, 5.41) is 10.1. The quantitative estimate of drug-likeness (QED) is 0.557. The lowest BCUT2D eigenvalue weighted by Gasteiger charge is -2.09. The lowest BCUT2D eigenvalue weighted by molar-refractivity contribution is 0.0473. The van der Waals surface area contributed by atoms with Gasteiger partial charge in [-0.05, 0) is 39.8 Å². The molecule has 0 atom stereocenters. The fraction of sp³-hybridized carbons (Fsp3) is 0.0952. The van der Waals surface area contributed by atoms with Crippen molar-refractivity contribution in [2.45, 2.75) is 13.2 Å². The third-order valence-corrected chi connectivity index (χ3v) is 4.86. The highest BCUT2D eigenvalue weighted by Gasteiger charge is 2.29. The minimum absolute atomic E-state index is 0.139. The number of benzene rings is 3. The van der Waals surface area contributed by atoms with E-state index in [4.69, 9.17) is 21.0 Å². The number of hydrogen-bond donors (Lipinski definition) is 1. The molecule has 1 aliphatic heterocycles. The second kappa shape index (κ2) is 7.57. The summed E-state index contributed by atoms with van der Waals surface area (Å²) in [5.41, 5.74) is 4.66. The van der Waals surface area contributed by atoms with Gasteiger partial charge < -0.3 is 14.4 Å². The number of carbonyl (C=O) groups excluding carboxylic acids is 1. The SMILES string of the molecule is O=C(OCc1ccc(-c2ccccc2)cc1)c1cc2c(cc1Cl)COB2O. The maximum absolute atomic E-state index is 12.4. The summed E-state index contributed by atoms with van der Waals surface area (Å²) >= 11 is 6.18. The van der Waals surface area contributed by atoms with Crippen molar-refractivity contribution in [2.75, 3.05) is 0 Å². The number of halogens is 1. The molecule has 1 N–H and O–H groups in total. The predicted octanol–water partition coefficient (Wildman–Crippen LogP) is 3.58. The Labute approximate surface area is 162 Å². The molecule has 4 rings (SSSR count). The van der Waals surface area contributed by atoms with Crippen molar-refractivity contribution < 1.29 is 19.2 Å². The Bertz CT molecular complexity index is 973. The molecule has 0 amide bonds. The number of carbonyl (C=O) groups is 1. The van der Waals surface area contributed by atoms with Gasteiger partial charge in [0.2, 0.25) is 0 Å². The molecule has 0 saturated heterocycles. The molecule has 4 nitrogen and oxygen atoms in total. The first kappa shape index (κ1) is 17.8. The fourth-order valence-corrected chi connectivity index (χ4v) is 3.32. The lowest BCUT2D eigenvalue weighted by atomic mass is 9.79. The molecular formula is C21H16BClO4. The minimum Gasteiger partial charge on any atom is -0.457 e. The van der Waals surface area contributed by atoms with Crippen LogP contribution in [0.15, 0.2) is 66.7 Å². The van der Waals surface area contributed by atoms with Gasteiger partial charge in [-0.15, -0.1) is 0 Å². The van der Waals surface area contributed by atoms with E-state index in [2.05, 4.69) is 0 Å². The average Bonchev–Trinajstić information content (AvgIpc) is 3.06. The summed E-state index contributed by atoms with van der Waals surface area (Å²) in [6.45, 7) is 0.416. The Hall–Kier alpha value is -2.60. The second-order valence-corrected chi connectivity index (χ2v) is 6.74. The Morgan fingerprint density at radius 1 is 1.07 bits per heavy atom. The molecule has 0 radical (unpaired) electrons. The van der Waals surface area contributed by atoms with Gasteiger partial charge in [0.25, 0.3) is 0 Å². The smallest absolute Gasteiger partial charge is 0.457 e. The van der Waals surface area contributed by atoms with E-state index >= 15 is 0 Å². The highest BCUT2D eigenvalue weighted by molar-refractivity contribution is 6.61. The number of ether oxygens (including phenoxy) is 1. The van der Waals surface area contributed by atoms with Crippen molar-refractivity contribution >= 4 is 30.2 Å². The van der Waals surface area contributed by atoms with Crippen molar-refractivity contribution in [3.63, 3.8) is 0 Å². The first-order valence-electron chi connectivity index (χ1n) is 8.55. The van der Waals surface area contributed by atoms with Crippen LogP contribution in [0.3, 0.4) is 0 Å². The number of hydrogen-bond acceptors (Lipinski definition) is 4. The fourth-order valence-electron chi connectivity index (χ4n) is 3.05. The predicted molar refractivity (Wildman–Crippen MR) is 105 cm³/mol. The van der Waals surface area contributed by atoms with E-state index in [9.17, 15) is 9.82 Å². The van der Waals surface area contributed by atoms with Crippen LogP contribution < -0.4 is 5.46 Å². The summed E-state index contributed by atoms with van der Waals surface area (Å²) in [5.74, 6) is -0.533. The molecule has 134 valence electrons. The Morgan fingerprint density at radius 3 is 2.52 bits per heavy atom. The number of fused-ring (bicyclic) bond motifs is 1. The molecule has 6 heteroatoms. The lowest BCUT2D eigenvalue weighted by Crippen LogP contribution is -2.29. The summed E-state index contributed by atoms with van der Waals surface area (Å²) < 4.78 is 10.5. The number of esters is 1. The Balaban J connectivity index is 1.45. The molecular weight excluding hydrogens is 362 g/mol. The van der Waals surface area contributed by atoms with Gasteiger partial charge in [0, 0.05) is 0 Å². The van der Waals surface area contributed by atoms with E-state index in [-0.39, 0.29) is 23.8 Å². The van der Waals surface area contributed by atoms with Crippen molar-refractivity contribution in [1.82, 2.24) is 0 Å². The highest BCUT2D eigenvalue weighted by Crippen LogP contribution is 2.23. The average molecular weight is 379 g/mol. The third-order valence-electron chi connectivity index (χ3n) is 4.54. The number of rotatable bonds is 4. The zero-order valence-electron chi connectivity index (χ0n) is 14.4. The van der Waals surface area contributed by atoms with Crippen LogP contribution in [0.1, 0.15) is 21.5 Å². The van der Waals surface area contributed by atoms with Gasteiger partial charge in [0.15, 0.2) is 0 Å². The molecule has 0 aliphatic carbocycles. The van der Waals surface area contributed by atoms with E-state index in [0.29, 0.717) is 5.46 Å². The summed E-state index contributed by atoms with van der Waals surface area (Å²) in [6.07, 6.45) is 0. The van der Waals surface area contributed by atoms with Gasteiger partial charge in [0.05, 0.1) is 17.2 Å². The minimum atomic E-state index is -1.03. The van der Waals surface area contributed by atoms with E-state index in [1.807, 2.05) is 54.6 Å². The van der Waals surface area contributed by atoms with Crippen LogP contribution >= 0.6 is 11.6 Å². The highest BCUT2D eigenvalue weighted by atomic mass is 35.5. The van der Waals surface area contributed by atoms with Gasteiger partial charge in [-0.25, -0.2) is 4.79 Å². The van der Waals surface area contributed by atoms with Crippen LogP contribution in [-0.2, 0) is 22.6 Å². The molecule has 0 saturated carbocycles. The molecule has 0 aromatic heterocycles. The van der Waals surface area contributed by atoms with Gasteiger partial charge in [0.1, 0.15) is 6.61 Å². The Kier molecular flexibility index (Phi) is 4.99. The molecule has 0 fully saturated rings. The standard InChI is InChI=1S/C21H16BClO4/c23-20-10-17-13-27-22(25)19(17)11-18(20)21(24)26-12-14-6-8-16(9-7-14)15-4-2-1-3-5-15/h1-11,25H,12-13H2. The largest absolute Gasteiger partial charge is 0.491 e. The maximum atomic E-state index is 12.4. The molecule has 1 aliphatic rings. The van der Waals surface area contributed by atoms with E-state index in [1.165, 1.54) is 6.07 Å². The first-order chi connectivity index (χ1) is 13.1. The molecule has 27 heavy (non-hydrogen) atoms. The first-order valence-corrected chi connectivity index (χ1v) is 8.93. The molecule has 3 aromatic rings. The van der Waals surface area contributed by atoms with E-state index < -0.39 is 13.1 Å². The molecule has 0 bridgehead atoms. The van der Waals surface area contributed by atoms with Crippen LogP contribution in [0.5, 0.6) is 0 Å². The topological polar surface area (TPSA) is 55.8 Å². The second-order valence-electron chi connectivity index (χ2n) is 6.33. The molecule has 1 heterocycles. The monoisotopic (exact) mass is 378 g/mol. The van der Waals surface area contributed by atoms with Crippen LogP contribution in [-0.4, -0.2) is 18.1 Å². The van der Waals surface area contributed by atoms with Crippen LogP contribution in [0.25, 0.3) is 11.1 Å². The summed E-state index contributed by atoms with van der Waals surface area (Å²) in [6, 6.07) is 21.1. The molecule has 0 unspecified atom stereocenters. The molecule has 0 spiro atoms. The van der Waals surface area contributed by atoms with Gasteiger partial charge in [-0.2, -0.15) is 0 Å². The van der Waals surface area contributed by atoms with Crippen molar-refractivity contribution in [3.8, 4) is 11.1 Å².